The first kappa shape index (κ1) is 24.8. The number of rotatable bonds is 5. The van der Waals surface area contributed by atoms with E-state index < -0.39 is 15.6 Å². The molecule has 1 saturated heterocycles. The third kappa shape index (κ3) is 3.79. The lowest BCUT2D eigenvalue weighted by atomic mass is 9.49. The molecule has 0 aromatic carbocycles. The van der Waals surface area contributed by atoms with Gasteiger partial charge in [0.15, 0.2) is 0 Å². The number of Topliss-reactive ketones (excluding diaryl/α,β-unsaturated/α-hetero) is 1. The number of sulfonamides is 1. The van der Waals surface area contributed by atoms with Crippen LogP contribution < -0.4 is 0 Å². The molecule has 5 aliphatic carbocycles. The van der Waals surface area contributed by atoms with E-state index in [9.17, 15) is 18.3 Å². The number of fused-ring (bicyclic) bond motifs is 7. The molecule has 0 aromatic rings. The van der Waals surface area contributed by atoms with Crippen molar-refractivity contribution in [1.29, 1.82) is 0 Å². The molecule has 0 bridgehead atoms. The summed E-state index contributed by atoms with van der Waals surface area (Å²) in [7, 11) is -1.39. The Bertz CT molecular complexity index is 965. The second-order valence-electron chi connectivity index (χ2n) is 13.1. The summed E-state index contributed by atoms with van der Waals surface area (Å²) < 4.78 is 30.8. The molecule has 6 aliphatic rings. The van der Waals surface area contributed by atoms with Crippen molar-refractivity contribution < 1.29 is 23.1 Å². The van der Waals surface area contributed by atoms with Crippen LogP contribution in [0.3, 0.4) is 0 Å². The molecule has 0 amide bonds. The number of hydrogen-bond donors (Lipinski definition) is 1. The third-order valence-corrected chi connectivity index (χ3v) is 13.2. The number of hydrogen-bond acceptors (Lipinski definition) is 6. The van der Waals surface area contributed by atoms with E-state index in [4.69, 9.17) is 4.74 Å². The minimum absolute atomic E-state index is 0.0516. The van der Waals surface area contributed by atoms with Crippen LogP contribution in [0, 0.1) is 46.8 Å². The van der Waals surface area contributed by atoms with Gasteiger partial charge in [0, 0.05) is 45.1 Å². The number of aliphatic hydroxyl groups is 1. The van der Waals surface area contributed by atoms with Crippen molar-refractivity contribution >= 4 is 15.8 Å². The minimum atomic E-state index is -3.15. The van der Waals surface area contributed by atoms with Gasteiger partial charge in [-0.25, -0.2) is 8.42 Å². The molecule has 5 saturated carbocycles. The third-order valence-electron chi connectivity index (χ3n) is 11.9. The summed E-state index contributed by atoms with van der Waals surface area (Å²) in [6.45, 7) is 5.16. The highest BCUT2D eigenvalue weighted by Crippen LogP contribution is 2.69. The summed E-state index contributed by atoms with van der Waals surface area (Å²) in [4.78, 5) is 15.7. The van der Waals surface area contributed by atoms with Crippen LogP contribution in [-0.4, -0.2) is 86.3 Å². The zero-order valence-electron chi connectivity index (χ0n) is 21.7. The molecule has 6 rings (SSSR count). The molecule has 1 aliphatic heterocycles. The molecule has 0 radical (unpaired) electrons. The van der Waals surface area contributed by atoms with Gasteiger partial charge in [-0.1, -0.05) is 6.92 Å². The Morgan fingerprint density at radius 2 is 1.60 bits per heavy atom. The van der Waals surface area contributed by atoms with E-state index in [1.54, 1.807) is 7.11 Å². The monoisotopic (exact) mass is 508 g/mol. The van der Waals surface area contributed by atoms with Gasteiger partial charge < -0.3 is 9.84 Å². The molecular weight excluding hydrogens is 464 g/mol. The van der Waals surface area contributed by atoms with E-state index >= 15 is 0 Å². The van der Waals surface area contributed by atoms with Crippen molar-refractivity contribution in [2.24, 2.45) is 46.8 Å². The Balaban J connectivity index is 1.10. The Hall–Kier alpha value is -0.540. The van der Waals surface area contributed by atoms with Gasteiger partial charge >= 0.3 is 0 Å². The lowest BCUT2D eigenvalue weighted by molar-refractivity contribution is -0.132. The van der Waals surface area contributed by atoms with Crippen molar-refractivity contribution in [2.45, 2.75) is 70.0 Å². The summed E-state index contributed by atoms with van der Waals surface area (Å²) in [6.07, 6.45) is 10.4. The first-order chi connectivity index (χ1) is 16.6. The smallest absolute Gasteiger partial charge is 0.211 e. The lowest BCUT2D eigenvalue weighted by Gasteiger charge is -2.55. The number of nitrogens with zero attached hydrogens (tertiary/aromatic N) is 2. The highest BCUT2D eigenvalue weighted by molar-refractivity contribution is 7.88. The van der Waals surface area contributed by atoms with Crippen molar-refractivity contribution in [2.75, 3.05) is 46.1 Å². The summed E-state index contributed by atoms with van der Waals surface area (Å²) in [6, 6.07) is 0. The molecule has 10 atom stereocenters. The summed E-state index contributed by atoms with van der Waals surface area (Å²) in [5.74, 6) is 4.37. The maximum Gasteiger partial charge on any atom is 0.211 e. The Morgan fingerprint density at radius 3 is 2.29 bits per heavy atom. The van der Waals surface area contributed by atoms with Gasteiger partial charge in [-0.05, 0) is 86.4 Å². The van der Waals surface area contributed by atoms with Crippen LogP contribution >= 0.6 is 0 Å². The number of carbonyl (C=O) groups is 1. The zero-order chi connectivity index (χ0) is 24.8. The average molecular weight is 509 g/mol. The van der Waals surface area contributed by atoms with Crippen molar-refractivity contribution in [3.63, 3.8) is 0 Å². The molecule has 0 aromatic heterocycles. The predicted octanol–water partition coefficient (Wildman–Crippen LogP) is 2.39. The fourth-order valence-corrected chi connectivity index (χ4v) is 11.0. The Kier molecular flexibility index (Phi) is 6.01. The lowest BCUT2D eigenvalue weighted by Crippen LogP contribution is -2.52. The van der Waals surface area contributed by atoms with Crippen LogP contribution in [-0.2, 0) is 19.6 Å². The maximum atomic E-state index is 13.6. The highest BCUT2D eigenvalue weighted by atomic mass is 32.2. The average Bonchev–Trinajstić information content (AvgIpc) is 3.28. The Labute approximate surface area is 211 Å². The number of carbonyl (C=O) groups excluding carboxylic acids is 1. The van der Waals surface area contributed by atoms with Gasteiger partial charge in [0.2, 0.25) is 10.0 Å². The van der Waals surface area contributed by atoms with E-state index in [2.05, 4.69) is 11.8 Å². The first-order valence-corrected chi connectivity index (χ1v) is 15.9. The molecule has 1 N–H and O–H groups in total. The maximum absolute atomic E-state index is 13.6. The van der Waals surface area contributed by atoms with E-state index in [0.717, 1.165) is 43.4 Å². The van der Waals surface area contributed by atoms with E-state index in [0.29, 0.717) is 56.3 Å². The first-order valence-electron chi connectivity index (χ1n) is 14.0. The fraction of sp³-hybridized carbons (Fsp3) is 0.963. The number of methoxy groups -OCH3 is 1. The Morgan fingerprint density at radius 1 is 0.943 bits per heavy atom. The van der Waals surface area contributed by atoms with Crippen LogP contribution in [0.4, 0.5) is 0 Å². The minimum Gasteiger partial charge on any atom is -0.387 e. The van der Waals surface area contributed by atoms with E-state index in [1.165, 1.54) is 36.2 Å². The molecule has 8 heteroatoms. The number of ketones is 1. The normalized spacial score (nSPS) is 50.1. The molecule has 6 fully saturated rings. The second-order valence-corrected chi connectivity index (χ2v) is 15.1. The molecule has 0 spiro atoms. The van der Waals surface area contributed by atoms with Gasteiger partial charge in [0.1, 0.15) is 5.78 Å². The molecule has 1 heterocycles. The van der Waals surface area contributed by atoms with Gasteiger partial charge in [-0.2, -0.15) is 4.31 Å². The highest BCUT2D eigenvalue weighted by Gasteiger charge is 2.72. The van der Waals surface area contributed by atoms with Crippen molar-refractivity contribution in [3.8, 4) is 0 Å². The standard InChI is InChI=1S/C27H44N2O5S/c1-26-10-8-17-18-9-11-27(31)24(25(27)34-2)20(18)5-4-19(17)21(26)6-7-22(26)23(30)16-28-12-14-29(15-13-28)35(3,32)33/h17-22,24-25,31H,4-16H2,1-3H3. The zero-order valence-corrected chi connectivity index (χ0v) is 22.5. The summed E-state index contributed by atoms with van der Waals surface area (Å²) in [5, 5.41) is 11.0. The fourth-order valence-electron chi connectivity index (χ4n) is 10.2. The van der Waals surface area contributed by atoms with E-state index in [1.807, 2.05) is 0 Å². The topological polar surface area (TPSA) is 87.2 Å². The molecule has 35 heavy (non-hydrogen) atoms. The van der Waals surface area contributed by atoms with Crippen LogP contribution in [0.1, 0.15) is 58.3 Å². The molecular formula is C27H44N2O5S. The van der Waals surface area contributed by atoms with Crippen molar-refractivity contribution in [3.05, 3.63) is 0 Å². The second kappa shape index (κ2) is 8.48. The quantitative estimate of drug-likeness (QED) is 0.614. The largest absolute Gasteiger partial charge is 0.387 e. The van der Waals surface area contributed by atoms with Crippen molar-refractivity contribution in [1.82, 2.24) is 9.21 Å². The summed E-state index contributed by atoms with van der Waals surface area (Å²) in [5.41, 5.74) is -0.437. The van der Waals surface area contributed by atoms with Crippen LogP contribution in [0.2, 0.25) is 0 Å². The van der Waals surface area contributed by atoms with Crippen LogP contribution in [0.5, 0.6) is 0 Å². The van der Waals surface area contributed by atoms with Gasteiger partial charge in [-0.3, -0.25) is 9.69 Å². The summed E-state index contributed by atoms with van der Waals surface area (Å²) >= 11 is 0. The van der Waals surface area contributed by atoms with Gasteiger partial charge in [0.05, 0.1) is 24.5 Å². The predicted molar refractivity (Wildman–Crippen MR) is 133 cm³/mol. The van der Waals surface area contributed by atoms with Gasteiger partial charge in [-0.15, -0.1) is 0 Å². The number of ether oxygens (including phenoxy) is 1. The number of piperazine rings is 1. The molecule has 7 nitrogen and oxygen atoms in total. The van der Waals surface area contributed by atoms with Crippen LogP contribution in [0.25, 0.3) is 0 Å². The van der Waals surface area contributed by atoms with Gasteiger partial charge in [0.25, 0.3) is 0 Å². The SMILES string of the molecule is COC1C2C3CCC4C(CCC5(C)C(C(=O)CN6CCN(S(C)(=O)=O)CC6)CCC45)C3CCC12O. The van der Waals surface area contributed by atoms with E-state index in [-0.39, 0.29) is 17.4 Å². The molecule has 10 unspecified atom stereocenters. The molecule has 198 valence electrons. The van der Waals surface area contributed by atoms with Crippen LogP contribution in [0.15, 0.2) is 0 Å².